The molecule has 1 aliphatic heterocycles. The SMILES string of the molecule is CCOc1cc(/C=C2\SC(=O)N(CC(N)=O)C2=O)cc(I)c1OCc1ccc(Cl)cc1Cl. The maximum absolute atomic E-state index is 12.5. The number of amides is 3. The van der Waals surface area contributed by atoms with E-state index < -0.39 is 23.6 Å². The average Bonchev–Trinajstić information content (AvgIpc) is 2.96. The Hall–Kier alpha value is -1.95. The number of nitrogens with two attached hydrogens (primary N) is 1. The fourth-order valence-corrected chi connectivity index (χ4v) is 4.89. The Morgan fingerprint density at radius 1 is 1.22 bits per heavy atom. The summed E-state index contributed by atoms with van der Waals surface area (Å²) in [6.07, 6.45) is 1.57. The van der Waals surface area contributed by atoms with Gasteiger partial charge in [0.2, 0.25) is 5.91 Å². The summed E-state index contributed by atoms with van der Waals surface area (Å²) in [7, 11) is 0. The summed E-state index contributed by atoms with van der Waals surface area (Å²) >= 11 is 15.0. The molecule has 3 rings (SSSR count). The minimum atomic E-state index is -0.760. The number of primary amides is 1. The third-order valence-corrected chi connectivity index (χ3v) is 6.50. The van der Waals surface area contributed by atoms with Crippen molar-refractivity contribution < 1.29 is 23.9 Å². The van der Waals surface area contributed by atoms with E-state index in [0.717, 1.165) is 25.8 Å². The van der Waals surface area contributed by atoms with Gasteiger partial charge in [0.1, 0.15) is 13.2 Å². The lowest BCUT2D eigenvalue weighted by Gasteiger charge is -2.15. The standard InChI is InChI=1S/C21H17Cl2IN2O5S/c1-2-30-16-6-11(7-17-20(28)26(9-18(25)27)21(29)32-17)5-15(24)19(16)31-10-12-3-4-13(22)8-14(12)23/h3-8H,2,9-10H2,1H3,(H2,25,27)/b17-7-. The summed E-state index contributed by atoms with van der Waals surface area (Å²) in [5, 5.41) is 0.487. The molecule has 0 radical (unpaired) electrons. The van der Waals surface area contributed by atoms with Crippen molar-refractivity contribution in [2.75, 3.05) is 13.2 Å². The number of nitrogens with zero attached hydrogens (tertiary/aromatic N) is 1. The topological polar surface area (TPSA) is 98.9 Å². The van der Waals surface area contributed by atoms with Gasteiger partial charge < -0.3 is 15.2 Å². The van der Waals surface area contributed by atoms with Crippen LogP contribution in [-0.4, -0.2) is 35.1 Å². The lowest BCUT2D eigenvalue weighted by molar-refractivity contribution is -0.127. The van der Waals surface area contributed by atoms with Crippen molar-refractivity contribution in [1.82, 2.24) is 4.90 Å². The molecule has 2 aromatic rings. The van der Waals surface area contributed by atoms with E-state index in [1.54, 1.807) is 36.4 Å². The second-order valence-electron chi connectivity index (χ2n) is 6.52. The van der Waals surface area contributed by atoms with Crippen molar-refractivity contribution in [3.05, 3.63) is 60.0 Å². The molecular weight excluding hydrogens is 590 g/mol. The van der Waals surface area contributed by atoms with Crippen molar-refractivity contribution in [2.45, 2.75) is 13.5 Å². The summed E-state index contributed by atoms with van der Waals surface area (Å²) in [6, 6.07) is 8.67. The lowest BCUT2D eigenvalue weighted by atomic mass is 10.1. The number of hydrogen-bond donors (Lipinski definition) is 1. The van der Waals surface area contributed by atoms with Gasteiger partial charge >= 0.3 is 0 Å². The normalized spacial score (nSPS) is 14.9. The zero-order valence-corrected chi connectivity index (χ0v) is 21.2. The number of hydrogen-bond acceptors (Lipinski definition) is 6. The van der Waals surface area contributed by atoms with E-state index in [1.807, 2.05) is 6.92 Å². The van der Waals surface area contributed by atoms with E-state index in [4.69, 9.17) is 38.4 Å². The average molecular weight is 607 g/mol. The zero-order valence-electron chi connectivity index (χ0n) is 16.7. The fraction of sp³-hybridized carbons (Fsp3) is 0.190. The van der Waals surface area contributed by atoms with Crippen LogP contribution in [0.15, 0.2) is 35.2 Å². The highest BCUT2D eigenvalue weighted by molar-refractivity contribution is 14.1. The van der Waals surface area contributed by atoms with Crippen LogP contribution in [0.2, 0.25) is 10.0 Å². The van der Waals surface area contributed by atoms with Gasteiger partial charge in [-0.25, -0.2) is 0 Å². The predicted octanol–water partition coefficient (Wildman–Crippen LogP) is 5.10. The van der Waals surface area contributed by atoms with E-state index in [9.17, 15) is 14.4 Å². The van der Waals surface area contributed by atoms with Crippen LogP contribution in [0.1, 0.15) is 18.1 Å². The molecule has 1 saturated heterocycles. The van der Waals surface area contributed by atoms with Gasteiger partial charge in [0.15, 0.2) is 11.5 Å². The Morgan fingerprint density at radius 2 is 1.97 bits per heavy atom. The zero-order chi connectivity index (χ0) is 23.4. The largest absolute Gasteiger partial charge is 0.490 e. The number of carbonyl (C=O) groups is 3. The quantitative estimate of drug-likeness (QED) is 0.332. The molecular formula is C21H17Cl2IN2O5S. The molecule has 0 aromatic heterocycles. The highest BCUT2D eigenvalue weighted by atomic mass is 127. The molecule has 2 aromatic carbocycles. The molecule has 32 heavy (non-hydrogen) atoms. The maximum atomic E-state index is 12.5. The Balaban J connectivity index is 1.87. The maximum Gasteiger partial charge on any atom is 0.294 e. The molecule has 0 bridgehead atoms. The molecule has 0 aliphatic carbocycles. The fourth-order valence-electron chi connectivity index (χ4n) is 2.81. The van der Waals surface area contributed by atoms with Gasteiger partial charge in [-0.05, 0) is 77.2 Å². The first-order valence-electron chi connectivity index (χ1n) is 9.26. The second kappa shape index (κ2) is 10.8. The Kier molecular flexibility index (Phi) is 8.32. The molecule has 11 heteroatoms. The monoisotopic (exact) mass is 606 g/mol. The summed E-state index contributed by atoms with van der Waals surface area (Å²) in [6.45, 7) is 1.99. The summed E-state index contributed by atoms with van der Waals surface area (Å²) in [5.74, 6) is -0.321. The first kappa shape index (κ1) is 24.7. The van der Waals surface area contributed by atoms with Crippen molar-refractivity contribution in [3.63, 3.8) is 0 Å². The molecule has 1 aliphatic rings. The highest BCUT2D eigenvalue weighted by Gasteiger charge is 2.35. The number of carbonyl (C=O) groups excluding carboxylic acids is 3. The molecule has 7 nitrogen and oxygen atoms in total. The smallest absolute Gasteiger partial charge is 0.294 e. The van der Waals surface area contributed by atoms with E-state index in [0.29, 0.717) is 33.7 Å². The number of benzene rings is 2. The number of ether oxygens (including phenoxy) is 2. The molecule has 0 spiro atoms. The highest BCUT2D eigenvalue weighted by Crippen LogP contribution is 2.38. The van der Waals surface area contributed by atoms with Crippen LogP contribution in [-0.2, 0) is 16.2 Å². The van der Waals surface area contributed by atoms with E-state index in [1.165, 1.54) is 0 Å². The number of imide groups is 1. The van der Waals surface area contributed by atoms with Gasteiger partial charge in [-0.1, -0.05) is 29.3 Å². The number of halogens is 3. The minimum absolute atomic E-state index is 0.191. The van der Waals surface area contributed by atoms with Gasteiger partial charge in [-0.2, -0.15) is 0 Å². The van der Waals surface area contributed by atoms with Crippen molar-refractivity contribution in [3.8, 4) is 11.5 Å². The van der Waals surface area contributed by atoms with Crippen LogP contribution in [0.4, 0.5) is 4.79 Å². The van der Waals surface area contributed by atoms with Crippen molar-refractivity contribution in [2.24, 2.45) is 5.73 Å². The molecule has 0 unspecified atom stereocenters. The first-order valence-corrected chi connectivity index (χ1v) is 11.9. The minimum Gasteiger partial charge on any atom is -0.490 e. The summed E-state index contributed by atoms with van der Waals surface area (Å²) in [4.78, 5) is 36.6. The predicted molar refractivity (Wildman–Crippen MR) is 133 cm³/mol. The molecule has 0 atom stereocenters. The van der Waals surface area contributed by atoms with Crippen LogP contribution in [0.25, 0.3) is 6.08 Å². The van der Waals surface area contributed by atoms with Crippen LogP contribution in [0, 0.1) is 3.57 Å². The van der Waals surface area contributed by atoms with Crippen LogP contribution in [0.3, 0.4) is 0 Å². The van der Waals surface area contributed by atoms with Crippen LogP contribution >= 0.6 is 57.6 Å². The van der Waals surface area contributed by atoms with Crippen LogP contribution < -0.4 is 15.2 Å². The van der Waals surface area contributed by atoms with Gasteiger partial charge in [0, 0.05) is 15.6 Å². The van der Waals surface area contributed by atoms with Gasteiger partial charge in [-0.3, -0.25) is 19.3 Å². The van der Waals surface area contributed by atoms with Crippen LogP contribution in [0.5, 0.6) is 11.5 Å². The molecule has 168 valence electrons. The van der Waals surface area contributed by atoms with Gasteiger partial charge in [0.25, 0.3) is 11.1 Å². The lowest BCUT2D eigenvalue weighted by Crippen LogP contribution is -2.36. The molecule has 1 heterocycles. The third-order valence-electron chi connectivity index (χ3n) is 4.20. The molecule has 1 fully saturated rings. The Morgan fingerprint density at radius 3 is 2.62 bits per heavy atom. The molecule has 3 amide bonds. The van der Waals surface area contributed by atoms with Crippen molar-refractivity contribution >= 4 is 80.7 Å². The second-order valence-corrected chi connectivity index (χ2v) is 9.52. The van der Waals surface area contributed by atoms with E-state index in [2.05, 4.69) is 22.6 Å². The number of rotatable bonds is 8. The Bertz CT molecular complexity index is 1130. The van der Waals surface area contributed by atoms with E-state index in [-0.39, 0.29) is 11.5 Å². The van der Waals surface area contributed by atoms with Gasteiger partial charge in [0.05, 0.1) is 15.1 Å². The third kappa shape index (κ3) is 5.89. The number of thioether (sulfide) groups is 1. The summed E-state index contributed by atoms with van der Waals surface area (Å²) < 4.78 is 12.5. The molecule has 2 N–H and O–H groups in total. The Labute approximate surface area is 212 Å². The molecule has 0 saturated carbocycles. The van der Waals surface area contributed by atoms with E-state index >= 15 is 0 Å². The summed E-state index contributed by atoms with van der Waals surface area (Å²) in [5.41, 5.74) is 6.52. The first-order chi connectivity index (χ1) is 15.2. The van der Waals surface area contributed by atoms with Gasteiger partial charge in [-0.15, -0.1) is 0 Å². The van der Waals surface area contributed by atoms with Crippen molar-refractivity contribution in [1.29, 1.82) is 0 Å².